The second kappa shape index (κ2) is 8.81. The minimum absolute atomic E-state index is 0.534. The number of piperazine rings is 1. The van der Waals surface area contributed by atoms with Gasteiger partial charge >= 0.3 is 0 Å². The molecule has 1 saturated heterocycles. The number of para-hydroxylation sites is 1. The normalized spacial score (nSPS) is 14.1. The highest BCUT2D eigenvalue weighted by molar-refractivity contribution is 5.64. The summed E-state index contributed by atoms with van der Waals surface area (Å²) < 4.78 is 0. The number of aryl methyl sites for hydroxylation is 2. The quantitative estimate of drug-likeness (QED) is 0.688. The summed E-state index contributed by atoms with van der Waals surface area (Å²) in [4.78, 5) is 17.8. The lowest BCUT2D eigenvalue weighted by molar-refractivity contribution is 0.632. The molecule has 8 nitrogen and oxygen atoms in total. The zero-order valence-electron chi connectivity index (χ0n) is 16.9. The first kappa shape index (κ1) is 19.0. The average Bonchev–Trinajstić information content (AvgIpc) is 2.80. The average molecular weight is 390 g/mol. The van der Waals surface area contributed by atoms with Gasteiger partial charge in [0.2, 0.25) is 11.9 Å². The van der Waals surface area contributed by atoms with Crippen LogP contribution in [0.15, 0.2) is 42.9 Å². The van der Waals surface area contributed by atoms with E-state index in [1.54, 1.807) is 18.6 Å². The van der Waals surface area contributed by atoms with Crippen molar-refractivity contribution in [2.24, 2.45) is 0 Å². The Morgan fingerprint density at radius 1 is 0.897 bits per heavy atom. The maximum Gasteiger partial charge on any atom is 0.249 e. The summed E-state index contributed by atoms with van der Waals surface area (Å²) in [5, 5.41) is 11.8. The van der Waals surface area contributed by atoms with Gasteiger partial charge in [-0.2, -0.15) is 10.1 Å². The molecule has 0 atom stereocenters. The number of nitrogens with zero attached hydrogens (tertiary/aromatic N) is 7. The van der Waals surface area contributed by atoms with E-state index in [4.69, 9.17) is 4.98 Å². The van der Waals surface area contributed by atoms with Crippen molar-refractivity contribution in [3.8, 4) is 0 Å². The second-order valence-electron chi connectivity index (χ2n) is 6.94. The molecule has 1 fully saturated rings. The number of nitrogens with one attached hydrogen (secondary N) is 1. The molecule has 0 amide bonds. The fraction of sp³-hybridized carbons (Fsp3) is 0.381. The lowest BCUT2D eigenvalue weighted by atomic mass is 10.0. The van der Waals surface area contributed by atoms with E-state index in [1.807, 2.05) is 6.07 Å². The van der Waals surface area contributed by atoms with Crippen LogP contribution in [0.5, 0.6) is 0 Å². The molecule has 1 aromatic carbocycles. The molecule has 150 valence electrons. The van der Waals surface area contributed by atoms with E-state index in [0.29, 0.717) is 5.95 Å². The van der Waals surface area contributed by atoms with E-state index in [9.17, 15) is 0 Å². The predicted octanol–water partition coefficient (Wildman–Crippen LogP) is 2.86. The predicted molar refractivity (Wildman–Crippen MR) is 115 cm³/mol. The highest BCUT2D eigenvalue weighted by Crippen LogP contribution is 2.25. The van der Waals surface area contributed by atoms with E-state index >= 15 is 0 Å². The standard InChI is InChI=1S/C21H26N8/c1-3-16-7-5-8-17(4-2)19(16)26-20-25-18(15-24-27-20)28-11-13-29(14-12-28)21-22-9-6-10-23-21/h5-10,15H,3-4,11-14H2,1-2H3,(H,25,26,27). The monoisotopic (exact) mass is 390 g/mol. The van der Waals surface area contributed by atoms with Crippen LogP contribution in [0.4, 0.5) is 23.4 Å². The van der Waals surface area contributed by atoms with Gasteiger partial charge < -0.3 is 15.1 Å². The van der Waals surface area contributed by atoms with E-state index < -0.39 is 0 Å². The topological polar surface area (TPSA) is 83.0 Å². The maximum atomic E-state index is 4.73. The van der Waals surface area contributed by atoms with E-state index in [1.165, 1.54) is 11.1 Å². The fourth-order valence-corrected chi connectivity index (χ4v) is 3.61. The molecule has 2 aromatic heterocycles. The molecule has 4 rings (SSSR count). The molecule has 1 aliphatic heterocycles. The molecular weight excluding hydrogens is 364 g/mol. The molecule has 0 radical (unpaired) electrons. The Morgan fingerprint density at radius 2 is 1.55 bits per heavy atom. The van der Waals surface area contributed by atoms with Gasteiger partial charge in [0, 0.05) is 44.3 Å². The number of benzene rings is 1. The molecule has 3 aromatic rings. The van der Waals surface area contributed by atoms with Crippen molar-refractivity contribution in [1.82, 2.24) is 25.1 Å². The molecule has 3 heterocycles. The lowest BCUT2D eigenvalue weighted by Gasteiger charge is -2.35. The first-order valence-electron chi connectivity index (χ1n) is 10.1. The van der Waals surface area contributed by atoms with E-state index in [-0.39, 0.29) is 0 Å². The smallest absolute Gasteiger partial charge is 0.249 e. The Bertz CT molecular complexity index is 916. The molecule has 8 heteroatoms. The van der Waals surface area contributed by atoms with Gasteiger partial charge in [0.05, 0.1) is 6.20 Å². The van der Waals surface area contributed by atoms with Crippen LogP contribution in [-0.4, -0.2) is 51.3 Å². The second-order valence-corrected chi connectivity index (χ2v) is 6.94. The van der Waals surface area contributed by atoms with Gasteiger partial charge in [-0.15, -0.1) is 5.10 Å². The lowest BCUT2D eigenvalue weighted by Crippen LogP contribution is -2.47. The number of anilines is 4. The third-order valence-corrected chi connectivity index (χ3v) is 5.22. The summed E-state index contributed by atoms with van der Waals surface area (Å²) in [7, 11) is 0. The summed E-state index contributed by atoms with van der Waals surface area (Å²) in [6.07, 6.45) is 7.19. The van der Waals surface area contributed by atoms with Crippen molar-refractivity contribution in [2.75, 3.05) is 41.3 Å². The van der Waals surface area contributed by atoms with Crippen molar-refractivity contribution >= 4 is 23.4 Å². The van der Waals surface area contributed by atoms with Crippen LogP contribution in [0.1, 0.15) is 25.0 Å². The number of aromatic nitrogens is 5. The Hall–Kier alpha value is -3.29. The van der Waals surface area contributed by atoms with E-state index in [0.717, 1.165) is 56.5 Å². The third-order valence-electron chi connectivity index (χ3n) is 5.22. The fourth-order valence-electron chi connectivity index (χ4n) is 3.61. The highest BCUT2D eigenvalue weighted by Gasteiger charge is 2.20. The van der Waals surface area contributed by atoms with Crippen molar-refractivity contribution in [1.29, 1.82) is 0 Å². The van der Waals surface area contributed by atoms with Gasteiger partial charge in [-0.25, -0.2) is 9.97 Å². The number of rotatable bonds is 6. The zero-order valence-corrected chi connectivity index (χ0v) is 16.9. The minimum Gasteiger partial charge on any atom is -0.352 e. The van der Waals surface area contributed by atoms with Crippen molar-refractivity contribution < 1.29 is 0 Å². The third kappa shape index (κ3) is 4.26. The van der Waals surface area contributed by atoms with Crippen LogP contribution in [0.25, 0.3) is 0 Å². The Morgan fingerprint density at radius 3 is 2.21 bits per heavy atom. The van der Waals surface area contributed by atoms with Crippen LogP contribution in [0.2, 0.25) is 0 Å². The molecule has 1 aliphatic rings. The minimum atomic E-state index is 0.534. The first-order valence-corrected chi connectivity index (χ1v) is 10.1. The Labute approximate surface area is 171 Å². The van der Waals surface area contributed by atoms with Gasteiger partial charge in [-0.1, -0.05) is 32.0 Å². The summed E-state index contributed by atoms with van der Waals surface area (Å²) in [6.45, 7) is 7.67. The molecule has 0 bridgehead atoms. The summed E-state index contributed by atoms with van der Waals surface area (Å²) >= 11 is 0. The van der Waals surface area contributed by atoms with Crippen LogP contribution in [-0.2, 0) is 12.8 Å². The summed E-state index contributed by atoms with van der Waals surface area (Å²) in [6, 6.07) is 8.23. The van der Waals surface area contributed by atoms with Gasteiger partial charge in [-0.05, 0) is 30.0 Å². The van der Waals surface area contributed by atoms with Gasteiger partial charge in [0.15, 0.2) is 5.82 Å². The van der Waals surface area contributed by atoms with Crippen molar-refractivity contribution in [2.45, 2.75) is 26.7 Å². The molecule has 29 heavy (non-hydrogen) atoms. The maximum absolute atomic E-state index is 4.73. The molecule has 1 N–H and O–H groups in total. The summed E-state index contributed by atoms with van der Waals surface area (Å²) in [5.41, 5.74) is 3.62. The number of hydrogen-bond donors (Lipinski definition) is 1. The Kier molecular flexibility index (Phi) is 5.79. The van der Waals surface area contributed by atoms with Gasteiger partial charge in [0.25, 0.3) is 0 Å². The SMILES string of the molecule is CCc1cccc(CC)c1Nc1nncc(N2CCN(c3ncccn3)CC2)n1. The number of hydrogen-bond acceptors (Lipinski definition) is 8. The molecule has 0 unspecified atom stereocenters. The highest BCUT2D eigenvalue weighted by atomic mass is 15.4. The van der Waals surface area contributed by atoms with Crippen LogP contribution in [0, 0.1) is 0 Å². The first-order chi connectivity index (χ1) is 14.3. The van der Waals surface area contributed by atoms with Crippen LogP contribution < -0.4 is 15.1 Å². The van der Waals surface area contributed by atoms with E-state index in [2.05, 4.69) is 67.3 Å². The molecular formula is C21H26N8. The largest absolute Gasteiger partial charge is 0.352 e. The van der Waals surface area contributed by atoms with Gasteiger partial charge in [-0.3, -0.25) is 0 Å². The van der Waals surface area contributed by atoms with Crippen LogP contribution >= 0.6 is 0 Å². The Balaban J connectivity index is 1.48. The molecule has 0 saturated carbocycles. The molecule has 0 spiro atoms. The van der Waals surface area contributed by atoms with Gasteiger partial charge in [0.1, 0.15) is 0 Å². The summed E-state index contributed by atoms with van der Waals surface area (Å²) in [5.74, 6) is 2.15. The van der Waals surface area contributed by atoms with Crippen LogP contribution in [0.3, 0.4) is 0 Å². The van der Waals surface area contributed by atoms with Crippen molar-refractivity contribution in [3.05, 3.63) is 54.0 Å². The molecule has 0 aliphatic carbocycles. The van der Waals surface area contributed by atoms with Crippen molar-refractivity contribution in [3.63, 3.8) is 0 Å². The zero-order chi connectivity index (χ0) is 20.1.